The first-order valence-electron chi connectivity index (χ1n) is 5.81. The summed E-state index contributed by atoms with van der Waals surface area (Å²) in [4.78, 5) is 0. The summed E-state index contributed by atoms with van der Waals surface area (Å²) < 4.78 is 62.9. The molecule has 1 fully saturated rings. The lowest BCUT2D eigenvalue weighted by Crippen LogP contribution is -2.42. The van der Waals surface area contributed by atoms with Gasteiger partial charge in [0.2, 0.25) is 10.0 Å². The predicted molar refractivity (Wildman–Crippen MR) is 59.0 cm³/mol. The van der Waals surface area contributed by atoms with Crippen LogP contribution in [-0.2, 0) is 10.0 Å². The molecule has 1 saturated carbocycles. The van der Waals surface area contributed by atoms with Gasteiger partial charge in [-0.2, -0.15) is 13.2 Å². The van der Waals surface area contributed by atoms with E-state index in [0.29, 0.717) is 19.3 Å². The van der Waals surface area contributed by atoms with E-state index in [4.69, 9.17) is 0 Å². The third-order valence-electron chi connectivity index (χ3n) is 2.96. The average molecular weight is 273 g/mol. The summed E-state index contributed by atoms with van der Waals surface area (Å²) in [6.45, 7) is 1.72. The van der Waals surface area contributed by atoms with Gasteiger partial charge in [-0.1, -0.05) is 13.3 Å². The lowest BCUT2D eigenvalue weighted by Gasteiger charge is -2.30. The first kappa shape index (κ1) is 14.8. The molecule has 0 saturated heterocycles. The van der Waals surface area contributed by atoms with Gasteiger partial charge in [0.1, 0.15) is 0 Å². The molecule has 1 N–H and O–H groups in total. The van der Waals surface area contributed by atoms with E-state index in [1.54, 1.807) is 6.92 Å². The molecule has 1 aliphatic carbocycles. The van der Waals surface area contributed by atoms with Crippen molar-refractivity contribution in [1.82, 2.24) is 4.72 Å². The zero-order chi connectivity index (χ0) is 13.1. The van der Waals surface area contributed by atoms with E-state index in [0.717, 1.165) is 0 Å². The Morgan fingerprint density at radius 1 is 1.29 bits per heavy atom. The Labute approximate surface area is 99.8 Å². The molecule has 0 aromatic rings. The molecular weight excluding hydrogens is 255 g/mol. The van der Waals surface area contributed by atoms with Gasteiger partial charge in [-0.15, -0.1) is 0 Å². The van der Waals surface area contributed by atoms with Crippen LogP contribution in [0.2, 0.25) is 0 Å². The Morgan fingerprint density at radius 3 is 2.47 bits per heavy atom. The van der Waals surface area contributed by atoms with Crippen LogP contribution in [-0.4, -0.2) is 26.4 Å². The first-order chi connectivity index (χ1) is 7.74. The van der Waals surface area contributed by atoms with E-state index in [1.807, 2.05) is 0 Å². The molecule has 0 spiro atoms. The van der Waals surface area contributed by atoms with Crippen molar-refractivity contribution in [2.45, 2.75) is 51.2 Å². The van der Waals surface area contributed by atoms with Crippen LogP contribution in [0.25, 0.3) is 0 Å². The molecule has 2 atom stereocenters. The second-order valence-corrected chi connectivity index (χ2v) is 6.41. The molecule has 3 nitrogen and oxygen atoms in total. The zero-order valence-corrected chi connectivity index (χ0v) is 10.6. The highest BCUT2D eigenvalue weighted by Crippen LogP contribution is 2.37. The van der Waals surface area contributed by atoms with Crippen LogP contribution in [0, 0.1) is 5.92 Å². The number of hydrogen-bond donors (Lipinski definition) is 1. The number of nitrogens with one attached hydrogen (secondary N) is 1. The first-order valence-corrected chi connectivity index (χ1v) is 7.46. The summed E-state index contributed by atoms with van der Waals surface area (Å²) in [7, 11) is -3.42. The van der Waals surface area contributed by atoms with Gasteiger partial charge in [0.25, 0.3) is 0 Å². The Bertz CT molecular complexity index is 340. The van der Waals surface area contributed by atoms with Crippen molar-refractivity contribution in [3.05, 3.63) is 0 Å². The molecule has 0 aromatic carbocycles. The Hall–Kier alpha value is -0.300. The molecule has 0 aliphatic heterocycles. The van der Waals surface area contributed by atoms with Crippen LogP contribution in [0.3, 0.4) is 0 Å². The molecule has 0 heterocycles. The van der Waals surface area contributed by atoms with Gasteiger partial charge in [0.15, 0.2) is 0 Å². The van der Waals surface area contributed by atoms with Crippen LogP contribution < -0.4 is 4.72 Å². The minimum atomic E-state index is -4.21. The Morgan fingerprint density at radius 2 is 1.94 bits per heavy atom. The predicted octanol–water partition coefficient (Wildman–Crippen LogP) is 2.44. The lowest BCUT2D eigenvalue weighted by atomic mass is 9.86. The van der Waals surface area contributed by atoms with Crippen molar-refractivity contribution in [2.75, 3.05) is 5.75 Å². The molecule has 0 aromatic heterocycles. The van der Waals surface area contributed by atoms with Gasteiger partial charge >= 0.3 is 6.18 Å². The molecule has 1 aliphatic rings. The van der Waals surface area contributed by atoms with Crippen molar-refractivity contribution in [1.29, 1.82) is 0 Å². The Balaban J connectivity index is 2.56. The minimum absolute atomic E-state index is 0.0276. The van der Waals surface area contributed by atoms with Crippen molar-refractivity contribution >= 4 is 10.0 Å². The quantitative estimate of drug-likeness (QED) is 0.855. The maximum atomic E-state index is 12.5. The maximum absolute atomic E-state index is 12.5. The summed E-state index contributed by atoms with van der Waals surface area (Å²) >= 11 is 0. The summed E-state index contributed by atoms with van der Waals surface area (Å²) in [6.07, 6.45) is -2.86. The third-order valence-corrected chi connectivity index (χ3v) is 4.59. The van der Waals surface area contributed by atoms with Crippen LogP contribution in [0.4, 0.5) is 13.2 Å². The summed E-state index contributed by atoms with van der Waals surface area (Å²) in [5.41, 5.74) is 0. The van der Waals surface area contributed by atoms with E-state index < -0.39 is 28.2 Å². The molecule has 0 unspecified atom stereocenters. The fraction of sp³-hybridized carbons (Fsp3) is 1.00. The smallest absolute Gasteiger partial charge is 0.212 e. The van der Waals surface area contributed by atoms with E-state index in [2.05, 4.69) is 4.72 Å². The van der Waals surface area contributed by atoms with E-state index in [1.165, 1.54) is 0 Å². The largest absolute Gasteiger partial charge is 0.391 e. The number of alkyl halides is 3. The van der Waals surface area contributed by atoms with Crippen molar-refractivity contribution in [3.63, 3.8) is 0 Å². The van der Waals surface area contributed by atoms with Crippen molar-refractivity contribution in [3.8, 4) is 0 Å². The third kappa shape index (κ3) is 4.83. The SMILES string of the molecule is CCCS(=O)(=O)N[C@@H]1CCC[C@@H](C(F)(F)F)C1. The number of rotatable bonds is 4. The van der Waals surface area contributed by atoms with Gasteiger partial charge in [-0.3, -0.25) is 0 Å². The summed E-state index contributed by atoms with van der Waals surface area (Å²) in [6, 6.07) is -0.563. The highest BCUT2D eigenvalue weighted by atomic mass is 32.2. The fourth-order valence-corrected chi connectivity index (χ4v) is 3.55. The van der Waals surface area contributed by atoms with Crippen LogP contribution in [0.15, 0.2) is 0 Å². The van der Waals surface area contributed by atoms with Crippen LogP contribution >= 0.6 is 0 Å². The summed E-state index contributed by atoms with van der Waals surface area (Å²) in [5.74, 6) is -1.40. The molecule has 0 bridgehead atoms. The van der Waals surface area contributed by atoms with Crippen molar-refractivity contribution in [2.24, 2.45) is 5.92 Å². The normalized spacial score (nSPS) is 27.1. The second kappa shape index (κ2) is 5.56. The van der Waals surface area contributed by atoms with Crippen molar-refractivity contribution < 1.29 is 21.6 Å². The lowest BCUT2D eigenvalue weighted by molar-refractivity contribution is -0.183. The standard InChI is InChI=1S/C10H18F3NO2S/c1-2-6-17(15,16)14-9-5-3-4-8(7-9)10(11,12)13/h8-9,14H,2-7H2,1H3/t8-,9-/m1/s1. The molecule has 0 amide bonds. The maximum Gasteiger partial charge on any atom is 0.391 e. The molecular formula is C10H18F3NO2S. The van der Waals surface area contributed by atoms with Gasteiger partial charge in [-0.05, 0) is 25.7 Å². The van der Waals surface area contributed by atoms with Gasteiger partial charge < -0.3 is 0 Å². The van der Waals surface area contributed by atoms with Gasteiger partial charge in [0, 0.05) is 6.04 Å². The molecule has 7 heteroatoms. The average Bonchev–Trinajstić information content (AvgIpc) is 2.15. The molecule has 1 rings (SSSR count). The van der Waals surface area contributed by atoms with E-state index in [-0.39, 0.29) is 18.6 Å². The molecule has 102 valence electrons. The highest BCUT2D eigenvalue weighted by Gasteiger charge is 2.42. The summed E-state index contributed by atoms with van der Waals surface area (Å²) in [5, 5.41) is 0. The van der Waals surface area contributed by atoms with Crippen LogP contribution in [0.5, 0.6) is 0 Å². The number of hydrogen-bond acceptors (Lipinski definition) is 2. The number of sulfonamides is 1. The van der Waals surface area contributed by atoms with Crippen LogP contribution in [0.1, 0.15) is 39.0 Å². The molecule has 17 heavy (non-hydrogen) atoms. The highest BCUT2D eigenvalue weighted by molar-refractivity contribution is 7.89. The zero-order valence-electron chi connectivity index (χ0n) is 9.76. The molecule has 0 radical (unpaired) electrons. The minimum Gasteiger partial charge on any atom is -0.212 e. The number of halogens is 3. The topological polar surface area (TPSA) is 46.2 Å². The fourth-order valence-electron chi connectivity index (χ4n) is 2.18. The van der Waals surface area contributed by atoms with Gasteiger partial charge in [-0.25, -0.2) is 13.1 Å². The van der Waals surface area contributed by atoms with Gasteiger partial charge in [0.05, 0.1) is 11.7 Å². The monoisotopic (exact) mass is 273 g/mol. The second-order valence-electron chi connectivity index (χ2n) is 4.54. The van der Waals surface area contributed by atoms with E-state index >= 15 is 0 Å². The van der Waals surface area contributed by atoms with E-state index in [9.17, 15) is 21.6 Å². The Kier molecular flexibility index (Phi) is 4.83.